The standard InChI is InChI=1S/C13H13NO5/c1-2-13(12(18)19,8-10(15)16)14-11(17)9-6-4-3-5-7-9/h2-7H,1,8H2,(H,14,17)(H,15,16)(H,18,19)/t13-/m0/s1. The quantitative estimate of drug-likeness (QED) is 0.661. The summed E-state index contributed by atoms with van der Waals surface area (Å²) in [5.74, 6) is -3.51. The number of hydrogen-bond donors (Lipinski definition) is 3. The maximum absolute atomic E-state index is 11.9. The highest BCUT2D eigenvalue weighted by Gasteiger charge is 2.39. The van der Waals surface area contributed by atoms with Crippen molar-refractivity contribution < 1.29 is 24.6 Å². The number of carboxylic acid groups (broad SMARTS) is 2. The molecule has 0 aliphatic heterocycles. The zero-order valence-corrected chi connectivity index (χ0v) is 10.00. The van der Waals surface area contributed by atoms with Gasteiger partial charge in [-0.25, -0.2) is 4.79 Å². The minimum Gasteiger partial charge on any atom is -0.481 e. The second-order valence-electron chi connectivity index (χ2n) is 3.87. The van der Waals surface area contributed by atoms with Crippen LogP contribution in [0.4, 0.5) is 0 Å². The second-order valence-corrected chi connectivity index (χ2v) is 3.87. The fourth-order valence-electron chi connectivity index (χ4n) is 1.49. The molecule has 0 unspecified atom stereocenters. The Balaban J connectivity index is 3.02. The lowest BCUT2D eigenvalue weighted by Crippen LogP contribution is -2.54. The molecule has 0 saturated carbocycles. The van der Waals surface area contributed by atoms with E-state index in [-0.39, 0.29) is 5.56 Å². The summed E-state index contributed by atoms with van der Waals surface area (Å²) in [6, 6.07) is 7.91. The van der Waals surface area contributed by atoms with Gasteiger partial charge in [0.2, 0.25) is 0 Å². The zero-order valence-electron chi connectivity index (χ0n) is 10.00. The Kier molecular flexibility index (Phi) is 4.41. The predicted octanol–water partition coefficient (Wildman–Crippen LogP) is 0.901. The summed E-state index contributed by atoms with van der Waals surface area (Å²) in [6.45, 7) is 3.30. The molecule has 0 spiro atoms. The van der Waals surface area contributed by atoms with Crippen LogP contribution in [0.15, 0.2) is 43.0 Å². The average Bonchev–Trinajstić information content (AvgIpc) is 2.38. The van der Waals surface area contributed by atoms with Gasteiger partial charge in [-0.2, -0.15) is 0 Å². The molecule has 0 saturated heterocycles. The third-order valence-corrected chi connectivity index (χ3v) is 2.53. The first kappa shape index (κ1) is 14.4. The van der Waals surface area contributed by atoms with Crippen molar-refractivity contribution in [2.75, 3.05) is 0 Å². The van der Waals surface area contributed by atoms with Crippen molar-refractivity contribution >= 4 is 17.8 Å². The second kappa shape index (κ2) is 5.81. The van der Waals surface area contributed by atoms with Gasteiger partial charge in [-0.05, 0) is 12.1 Å². The highest BCUT2D eigenvalue weighted by Crippen LogP contribution is 2.14. The Hall–Kier alpha value is -2.63. The minimum atomic E-state index is -2.03. The molecule has 0 aliphatic carbocycles. The Bertz CT molecular complexity index is 511. The van der Waals surface area contributed by atoms with E-state index < -0.39 is 29.8 Å². The highest BCUT2D eigenvalue weighted by atomic mass is 16.4. The monoisotopic (exact) mass is 263 g/mol. The molecule has 3 N–H and O–H groups in total. The zero-order chi connectivity index (χ0) is 14.5. The van der Waals surface area contributed by atoms with Crippen molar-refractivity contribution in [3.05, 3.63) is 48.6 Å². The van der Waals surface area contributed by atoms with Gasteiger partial charge in [0.1, 0.15) is 0 Å². The van der Waals surface area contributed by atoms with E-state index in [0.717, 1.165) is 6.08 Å². The summed E-state index contributed by atoms with van der Waals surface area (Å²) >= 11 is 0. The van der Waals surface area contributed by atoms with E-state index in [9.17, 15) is 14.4 Å². The van der Waals surface area contributed by atoms with Gasteiger partial charge in [-0.1, -0.05) is 24.3 Å². The molecule has 1 rings (SSSR count). The molecule has 1 amide bonds. The van der Waals surface area contributed by atoms with E-state index >= 15 is 0 Å². The number of carbonyl (C=O) groups is 3. The summed E-state index contributed by atoms with van der Waals surface area (Å²) in [6.07, 6.45) is 0.120. The summed E-state index contributed by atoms with van der Waals surface area (Å²) in [7, 11) is 0. The van der Waals surface area contributed by atoms with Crippen LogP contribution in [0.3, 0.4) is 0 Å². The smallest absolute Gasteiger partial charge is 0.334 e. The van der Waals surface area contributed by atoms with Gasteiger partial charge >= 0.3 is 11.9 Å². The molecular formula is C13H13NO5. The van der Waals surface area contributed by atoms with Crippen molar-refractivity contribution in [2.24, 2.45) is 0 Å². The lowest BCUT2D eigenvalue weighted by molar-refractivity contribution is -0.148. The van der Waals surface area contributed by atoms with Crippen LogP contribution < -0.4 is 5.32 Å². The van der Waals surface area contributed by atoms with Crippen LogP contribution in [-0.2, 0) is 9.59 Å². The molecule has 6 heteroatoms. The number of hydrogen-bond acceptors (Lipinski definition) is 3. The van der Waals surface area contributed by atoms with Crippen LogP contribution in [-0.4, -0.2) is 33.6 Å². The first-order valence-electron chi connectivity index (χ1n) is 5.37. The van der Waals surface area contributed by atoms with Gasteiger partial charge in [0.15, 0.2) is 5.54 Å². The Labute approximate surface area is 109 Å². The van der Waals surface area contributed by atoms with E-state index in [1.807, 2.05) is 0 Å². The fourth-order valence-corrected chi connectivity index (χ4v) is 1.49. The van der Waals surface area contributed by atoms with Gasteiger partial charge in [-0.15, -0.1) is 6.58 Å². The summed E-state index contributed by atoms with van der Waals surface area (Å²) < 4.78 is 0. The normalized spacial score (nSPS) is 13.1. The molecule has 6 nitrogen and oxygen atoms in total. The molecule has 0 heterocycles. The van der Waals surface area contributed by atoms with Crippen molar-refractivity contribution in [1.29, 1.82) is 0 Å². The molecular weight excluding hydrogens is 250 g/mol. The summed E-state index contributed by atoms with van der Waals surface area (Å²) in [4.78, 5) is 33.8. The largest absolute Gasteiger partial charge is 0.481 e. The molecule has 0 aliphatic rings. The topological polar surface area (TPSA) is 104 Å². The van der Waals surface area contributed by atoms with Gasteiger partial charge in [0.25, 0.3) is 5.91 Å². The van der Waals surface area contributed by atoms with Gasteiger partial charge < -0.3 is 15.5 Å². The van der Waals surface area contributed by atoms with Crippen LogP contribution in [0.5, 0.6) is 0 Å². The number of rotatable bonds is 6. The molecule has 19 heavy (non-hydrogen) atoms. The molecule has 0 fully saturated rings. The van der Waals surface area contributed by atoms with Crippen LogP contribution >= 0.6 is 0 Å². The third kappa shape index (κ3) is 3.41. The van der Waals surface area contributed by atoms with Crippen molar-refractivity contribution in [1.82, 2.24) is 5.32 Å². The Morgan fingerprint density at radius 1 is 1.21 bits per heavy atom. The first-order chi connectivity index (χ1) is 8.91. The van der Waals surface area contributed by atoms with Crippen molar-refractivity contribution in [3.63, 3.8) is 0 Å². The molecule has 100 valence electrons. The SMILES string of the molecule is C=C[C@@](CC(=O)O)(NC(=O)c1ccccc1)C(=O)O. The molecule has 1 atom stereocenters. The predicted molar refractivity (Wildman–Crippen MR) is 66.7 cm³/mol. The molecule has 1 aromatic carbocycles. The lowest BCUT2D eigenvalue weighted by Gasteiger charge is -2.25. The van der Waals surface area contributed by atoms with Crippen LogP contribution in [0.1, 0.15) is 16.8 Å². The molecule has 0 aromatic heterocycles. The van der Waals surface area contributed by atoms with E-state index in [1.54, 1.807) is 18.2 Å². The maximum atomic E-state index is 11.9. The lowest BCUT2D eigenvalue weighted by atomic mass is 9.94. The van der Waals surface area contributed by atoms with Gasteiger partial charge in [-0.3, -0.25) is 9.59 Å². The van der Waals surface area contributed by atoms with E-state index in [1.165, 1.54) is 12.1 Å². The fraction of sp³-hybridized carbons (Fsp3) is 0.154. The Morgan fingerprint density at radius 2 is 1.79 bits per heavy atom. The van der Waals surface area contributed by atoms with E-state index in [0.29, 0.717) is 0 Å². The van der Waals surface area contributed by atoms with E-state index in [4.69, 9.17) is 10.2 Å². The molecule has 0 radical (unpaired) electrons. The summed E-state index contributed by atoms with van der Waals surface area (Å²) in [5, 5.41) is 20.1. The van der Waals surface area contributed by atoms with Crippen molar-refractivity contribution in [3.8, 4) is 0 Å². The minimum absolute atomic E-state index is 0.236. The van der Waals surface area contributed by atoms with Gasteiger partial charge in [0, 0.05) is 5.56 Å². The number of carbonyl (C=O) groups excluding carboxylic acids is 1. The first-order valence-corrected chi connectivity index (χ1v) is 5.37. The number of aliphatic carboxylic acids is 2. The van der Waals surface area contributed by atoms with Crippen LogP contribution in [0.2, 0.25) is 0 Å². The van der Waals surface area contributed by atoms with Crippen LogP contribution in [0, 0.1) is 0 Å². The number of amides is 1. The maximum Gasteiger partial charge on any atom is 0.334 e. The summed E-state index contributed by atoms with van der Waals surface area (Å²) in [5.41, 5.74) is -1.79. The molecule has 0 bridgehead atoms. The number of benzene rings is 1. The van der Waals surface area contributed by atoms with Crippen molar-refractivity contribution in [2.45, 2.75) is 12.0 Å². The highest BCUT2D eigenvalue weighted by molar-refractivity contribution is 5.99. The van der Waals surface area contributed by atoms with Crippen LogP contribution in [0.25, 0.3) is 0 Å². The Morgan fingerprint density at radius 3 is 2.21 bits per heavy atom. The van der Waals surface area contributed by atoms with Gasteiger partial charge in [0.05, 0.1) is 6.42 Å². The number of nitrogens with one attached hydrogen (secondary N) is 1. The number of carboxylic acids is 2. The third-order valence-electron chi connectivity index (χ3n) is 2.53. The van der Waals surface area contributed by atoms with E-state index in [2.05, 4.69) is 11.9 Å². The molecule has 1 aromatic rings. The average molecular weight is 263 g/mol.